The number of nitrogen functional groups attached to an aromatic ring is 1. The largest absolute Gasteiger partial charge is 0.384 e. The SMILES string of the molecule is CC(C)(O)O.Nc1ccc2ccc(CCC3CCC(n4ccc5c(Cl)ncnc54)C3)cc2n1. The van der Waals surface area contributed by atoms with Gasteiger partial charge in [0, 0.05) is 17.6 Å². The van der Waals surface area contributed by atoms with E-state index >= 15 is 0 Å². The van der Waals surface area contributed by atoms with Crippen LogP contribution in [0.2, 0.25) is 5.15 Å². The van der Waals surface area contributed by atoms with Gasteiger partial charge in [-0.1, -0.05) is 23.7 Å². The summed E-state index contributed by atoms with van der Waals surface area (Å²) in [4.78, 5) is 13.0. The third-order valence-electron chi connectivity index (χ3n) is 5.99. The average Bonchev–Trinajstić information content (AvgIpc) is 3.38. The van der Waals surface area contributed by atoms with Gasteiger partial charge < -0.3 is 20.5 Å². The minimum atomic E-state index is -1.50. The van der Waals surface area contributed by atoms with Crippen molar-refractivity contribution < 1.29 is 10.2 Å². The number of nitrogens with zero attached hydrogens (tertiary/aromatic N) is 4. The first kappa shape index (κ1) is 23.4. The van der Waals surface area contributed by atoms with Gasteiger partial charge in [-0.3, -0.25) is 0 Å². The highest BCUT2D eigenvalue weighted by atomic mass is 35.5. The van der Waals surface area contributed by atoms with Crippen molar-refractivity contribution in [2.45, 2.75) is 57.8 Å². The van der Waals surface area contributed by atoms with Crippen LogP contribution in [0.15, 0.2) is 48.9 Å². The van der Waals surface area contributed by atoms with E-state index in [-0.39, 0.29) is 0 Å². The number of anilines is 1. The molecule has 5 rings (SSSR count). The van der Waals surface area contributed by atoms with E-state index < -0.39 is 5.79 Å². The molecule has 33 heavy (non-hydrogen) atoms. The lowest BCUT2D eigenvalue weighted by Gasteiger charge is -2.14. The fourth-order valence-corrected chi connectivity index (χ4v) is 4.69. The summed E-state index contributed by atoms with van der Waals surface area (Å²) in [7, 11) is 0. The number of aliphatic hydroxyl groups is 2. The molecule has 1 fully saturated rings. The summed E-state index contributed by atoms with van der Waals surface area (Å²) < 4.78 is 2.28. The molecule has 4 aromatic rings. The van der Waals surface area contributed by atoms with Gasteiger partial charge >= 0.3 is 0 Å². The Labute approximate surface area is 198 Å². The molecule has 8 heteroatoms. The Bertz CT molecular complexity index is 1240. The topological polar surface area (TPSA) is 110 Å². The number of halogens is 1. The van der Waals surface area contributed by atoms with Crippen LogP contribution in [0.1, 0.15) is 51.1 Å². The zero-order valence-electron chi connectivity index (χ0n) is 18.9. The van der Waals surface area contributed by atoms with Crippen LogP contribution in [0, 0.1) is 5.92 Å². The van der Waals surface area contributed by atoms with Crippen LogP contribution in [0.5, 0.6) is 0 Å². The van der Waals surface area contributed by atoms with Crippen molar-refractivity contribution >= 4 is 39.4 Å². The first-order valence-electron chi connectivity index (χ1n) is 11.2. The molecule has 1 saturated carbocycles. The molecular weight excluding hydrogens is 438 g/mol. The van der Waals surface area contributed by atoms with Crippen LogP contribution in [-0.4, -0.2) is 35.5 Å². The fraction of sp³-hybridized carbons (Fsp3) is 0.400. The Hall–Kier alpha value is -2.74. The number of hydrogen-bond acceptors (Lipinski definition) is 6. The summed E-state index contributed by atoms with van der Waals surface area (Å²) in [5.41, 5.74) is 9.09. The van der Waals surface area contributed by atoms with E-state index in [4.69, 9.17) is 27.5 Å². The van der Waals surface area contributed by atoms with Gasteiger partial charge in [-0.15, -0.1) is 0 Å². The lowest BCUT2D eigenvalue weighted by molar-refractivity contribution is -0.127. The highest BCUT2D eigenvalue weighted by Gasteiger charge is 2.27. The number of aryl methyl sites for hydroxylation is 1. The van der Waals surface area contributed by atoms with Gasteiger partial charge in [0.15, 0.2) is 5.79 Å². The molecule has 0 aliphatic heterocycles. The van der Waals surface area contributed by atoms with E-state index in [0.717, 1.165) is 34.3 Å². The van der Waals surface area contributed by atoms with Crippen molar-refractivity contribution in [1.29, 1.82) is 0 Å². The van der Waals surface area contributed by atoms with E-state index in [0.29, 0.717) is 17.0 Å². The molecule has 174 valence electrons. The quantitative estimate of drug-likeness (QED) is 0.291. The van der Waals surface area contributed by atoms with E-state index in [1.165, 1.54) is 45.1 Å². The first-order valence-corrected chi connectivity index (χ1v) is 11.6. The van der Waals surface area contributed by atoms with Crippen LogP contribution < -0.4 is 5.73 Å². The number of benzene rings is 1. The highest BCUT2D eigenvalue weighted by Crippen LogP contribution is 2.39. The number of pyridine rings is 1. The molecule has 4 N–H and O–H groups in total. The zero-order valence-corrected chi connectivity index (χ0v) is 19.7. The smallest absolute Gasteiger partial charge is 0.156 e. The average molecular weight is 468 g/mol. The van der Waals surface area contributed by atoms with E-state index in [1.807, 2.05) is 18.2 Å². The monoisotopic (exact) mass is 467 g/mol. The molecule has 2 unspecified atom stereocenters. The molecule has 2 atom stereocenters. The molecule has 0 amide bonds. The summed E-state index contributed by atoms with van der Waals surface area (Å²) in [5, 5.41) is 18.8. The summed E-state index contributed by atoms with van der Waals surface area (Å²) in [6.45, 7) is 2.60. The van der Waals surface area contributed by atoms with Crippen molar-refractivity contribution in [3.63, 3.8) is 0 Å². The van der Waals surface area contributed by atoms with Crippen molar-refractivity contribution in [2.75, 3.05) is 5.73 Å². The van der Waals surface area contributed by atoms with E-state index in [1.54, 1.807) is 6.33 Å². The van der Waals surface area contributed by atoms with Gasteiger partial charge in [0.05, 0.1) is 10.9 Å². The maximum Gasteiger partial charge on any atom is 0.156 e. The number of nitrogens with two attached hydrogens (primary N) is 1. The summed E-state index contributed by atoms with van der Waals surface area (Å²) in [5.74, 6) is -0.199. The normalized spacial score (nSPS) is 18.5. The van der Waals surface area contributed by atoms with Crippen molar-refractivity contribution in [1.82, 2.24) is 19.5 Å². The van der Waals surface area contributed by atoms with Crippen LogP contribution >= 0.6 is 11.6 Å². The molecule has 1 aromatic carbocycles. The van der Waals surface area contributed by atoms with Gasteiger partial charge in [-0.05, 0) is 81.7 Å². The first-order chi connectivity index (χ1) is 15.7. The van der Waals surface area contributed by atoms with Gasteiger partial charge in [0.2, 0.25) is 0 Å². The Morgan fingerprint density at radius 3 is 2.67 bits per heavy atom. The Kier molecular flexibility index (Phi) is 6.83. The Morgan fingerprint density at radius 1 is 1.12 bits per heavy atom. The number of aromatic nitrogens is 4. The summed E-state index contributed by atoms with van der Waals surface area (Å²) in [6.07, 6.45) is 9.55. The lowest BCUT2D eigenvalue weighted by atomic mass is 9.97. The maximum absolute atomic E-state index is 8.08. The summed E-state index contributed by atoms with van der Waals surface area (Å²) in [6, 6.07) is 12.9. The van der Waals surface area contributed by atoms with E-state index in [9.17, 15) is 0 Å². The van der Waals surface area contributed by atoms with Crippen molar-refractivity contribution in [2.24, 2.45) is 5.92 Å². The minimum absolute atomic E-state index is 0.492. The van der Waals surface area contributed by atoms with Crippen LogP contribution in [-0.2, 0) is 6.42 Å². The van der Waals surface area contributed by atoms with Crippen molar-refractivity contribution in [3.8, 4) is 0 Å². The molecule has 0 spiro atoms. The third-order valence-corrected chi connectivity index (χ3v) is 6.29. The molecule has 1 aliphatic rings. The predicted octanol–water partition coefficient (Wildman–Crippen LogP) is 4.90. The van der Waals surface area contributed by atoms with Gasteiger partial charge in [-0.25, -0.2) is 15.0 Å². The second kappa shape index (κ2) is 9.63. The van der Waals surface area contributed by atoms with Gasteiger partial charge in [-0.2, -0.15) is 0 Å². The molecule has 3 heterocycles. The minimum Gasteiger partial charge on any atom is -0.384 e. The highest BCUT2D eigenvalue weighted by molar-refractivity contribution is 6.33. The third kappa shape index (κ3) is 5.99. The molecule has 1 aliphatic carbocycles. The van der Waals surface area contributed by atoms with Crippen LogP contribution in [0.4, 0.5) is 5.82 Å². The number of fused-ring (bicyclic) bond motifs is 2. The standard InChI is InChI=1S/C22H22ClN5.C3H8O2/c23-21-18-9-10-28(22(18)26-13-25-21)17-7-4-14(11-17)1-2-15-3-5-16-6-8-20(24)27-19(16)12-15;1-3(2,4)5/h3,5-6,8-10,12-14,17H,1-2,4,7,11H2,(H2,24,27);4-5H,1-2H3. The fourth-order valence-electron chi connectivity index (χ4n) is 4.50. The molecule has 3 aromatic heterocycles. The second-order valence-electron chi connectivity index (χ2n) is 9.25. The molecule has 0 bridgehead atoms. The zero-order chi connectivity index (χ0) is 23.6. The van der Waals surface area contributed by atoms with Crippen LogP contribution in [0.25, 0.3) is 21.9 Å². The Morgan fingerprint density at radius 2 is 1.88 bits per heavy atom. The molecule has 0 saturated heterocycles. The van der Waals surface area contributed by atoms with Crippen molar-refractivity contribution in [3.05, 3.63) is 59.6 Å². The second-order valence-corrected chi connectivity index (χ2v) is 9.61. The summed E-state index contributed by atoms with van der Waals surface area (Å²) >= 11 is 6.20. The Balaban J connectivity index is 0.000000471. The predicted molar refractivity (Wildman–Crippen MR) is 132 cm³/mol. The molecule has 0 radical (unpaired) electrons. The van der Waals surface area contributed by atoms with Crippen LogP contribution in [0.3, 0.4) is 0 Å². The number of hydrogen-bond donors (Lipinski definition) is 3. The molecule has 7 nitrogen and oxygen atoms in total. The van der Waals surface area contributed by atoms with E-state index in [2.05, 4.69) is 43.9 Å². The molecular formula is C25H30ClN5O2. The lowest BCUT2D eigenvalue weighted by Crippen LogP contribution is -2.15. The van der Waals surface area contributed by atoms with Gasteiger partial charge in [0.25, 0.3) is 0 Å². The number of rotatable bonds is 4. The maximum atomic E-state index is 8.08. The van der Waals surface area contributed by atoms with Gasteiger partial charge in [0.1, 0.15) is 22.9 Å².